The maximum absolute atomic E-state index is 17.0. The number of nitrogens with one attached hydrogen (secondary N) is 2. The van der Waals surface area contributed by atoms with Gasteiger partial charge < -0.3 is 30.4 Å². The van der Waals surface area contributed by atoms with Crippen LogP contribution in [0.2, 0.25) is 0 Å². The highest BCUT2D eigenvalue weighted by atomic mass is 19.4. The number of ether oxygens (including phenoxy) is 2. The minimum Gasteiger partial charge on any atom is -0.402 e. The van der Waals surface area contributed by atoms with Gasteiger partial charge in [-0.15, -0.1) is 13.2 Å². The van der Waals surface area contributed by atoms with Gasteiger partial charge >= 0.3 is 6.36 Å². The third kappa shape index (κ3) is 4.71. The summed E-state index contributed by atoms with van der Waals surface area (Å²) in [4.78, 5) is 4.66. The second kappa shape index (κ2) is 10.1. The van der Waals surface area contributed by atoms with Crippen molar-refractivity contribution in [3.8, 4) is 17.0 Å². The molecule has 4 N–H and O–H groups in total. The Kier molecular flexibility index (Phi) is 6.67. The fourth-order valence-corrected chi connectivity index (χ4v) is 7.13. The average molecular weight is 592 g/mol. The second-order valence-corrected chi connectivity index (χ2v) is 12.4. The molecule has 2 aliphatic carbocycles. The Bertz CT molecular complexity index is 1530. The van der Waals surface area contributed by atoms with E-state index in [1.807, 2.05) is 18.4 Å². The van der Waals surface area contributed by atoms with Crippen LogP contribution in [0.25, 0.3) is 22.2 Å². The zero-order valence-corrected chi connectivity index (χ0v) is 23.5. The van der Waals surface area contributed by atoms with E-state index in [1.54, 1.807) is 0 Å². The van der Waals surface area contributed by atoms with Crippen LogP contribution < -0.4 is 21.1 Å². The zero-order chi connectivity index (χ0) is 29.5. The molecule has 0 radical (unpaired) electrons. The summed E-state index contributed by atoms with van der Waals surface area (Å²) in [5.41, 5.74) is 7.61. The Hall–Kier alpha value is -2.96. The molecule has 3 atom stereocenters. The molecule has 0 spiro atoms. The predicted molar refractivity (Wildman–Crippen MR) is 147 cm³/mol. The summed E-state index contributed by atoms with van der Waals surface area (Å²) in [5, 5.41) is 7.46. The monoisotopic (exact) mass is 591 g/mol. The molecule has 3 aromatic rings. The van der Waals surface area contributed by atoms with Gasteiger partial charge in [0.05, 0.1) is 29.5 Å². The summed E-state index contributed by atoms with van der Waals surface area (Å²) in [6, 6.07) is 1.85. The van der Waals surface area contributed by atoms with Crippen molar-refractivity contribution in [3.63, 3.8) is 0 Å². The van der Waals surface area contributed by atoms with Gasteiger partial charge in [0.25, 0.3) is 0 Å². The van der Waals surface area contributed by atoms with E-state index in [1.165, 1.54) is 0 Å². The van der Waals surface area contributed by atoms with E-state index < -0.39 is 35.0 Å². The molecule has 4 fully saturated rings. The number of rotatable bonds is 8. The van der Waals surface area contributed by atoms with Crippen LogP contribution in [0.1, 0.15) is 67.9 Å². The lowest BCUT2D eigenvalue weighted by Crippen LogP contribution is -2.19. The highest BCUT2D eigenvalue weighted by Gasteiger charge is 2.56. The first kappa shape index (κ1) is 27.8. The van der Waals surface area contributed by atoms with E-state index >= 15 is 4.39 Å². The number of piperidine rings is 1. The molecule has 42 heavy (non-hydrogen) atoms. The number of halogens is 5. The van der Waals surface area contributed by atoms with Gasteiger partial charge in [0.1, 0.15) is 5.69 Å². The number of aromatic nitrogens is 2. The molecule has 0 bridgehead atoms. The third-order valence-electron chi connectivity index (χ3n) is 9.15. The molecule has 12 heteroatoms. The SMILES string of the molecule is CC(C)c1nc(-c2cc(N)cc(F)c2OC(F)(F)F)c(F)c2c1c(C1C3CNCC31)c(COC1CCNC1)n2C1CC1. The number of hydrogen-bond acceptors (Lipinski definition) is 6. The molecule has 2 saturated heterocycles. The summed E-state index contributed by atoms with van der Waals surface area (Å²) in [7, 11) is 0. The minimum atomic E-state index is -5.20. The molecule has 4 aliphatic rings. The van der Waals surface area contributed by atoms with Crippen LogP contribution >= 0.6 is 0 Å². The second-order valence-electron chi connectivity index (χ2n) is 12.4. The Morgan fingerprint density at radius 3 is 2.43 bits per heavy atom. The Balaban J connectivity index is 1.49. The largest absolute Gasteiger partial charge is 0.573 e. The van der Waals surface area contributed by atoms with Crippen LogP contribution in [0.5, 0.6) is 5.75 Å². The van der Waals surface area contributed by atoms with Gasteiger partial charge in [0, 0.05) is 35.4 Å². The molecule has 7 rings (SSSR count). The van der Waals surface area contributed by atoms with Crippen LogP contribution in [0.15, 0.2) is 12.1 Å². The molecule has 2 aromatic heterocycles. The standard InChI is InChI=1S/C30H34F5N5O2/c1-13(2)26-24-23(22-18-10-38-11-19(18)22)21(12-41-16-5-6-37-9-16)40(15-3-4-15)28(24)25(32)27(39-26)17-7-14(36)8-20(31)29(17)42-30(33,34)35/h7-8,13,15-16,18-19,22,37-38H,3-6,9-12,36H2,1-2H3. The summed E-state index contributed by atoms with van der Waals surface area (Å²) in [6.45, 7) is 7.53. The number of nitrogens with zero attached hydrogens (tertiary/aromatic N) is 2. The van der Waals surface area contributed by atoms with Crippen LogP contribution in [-0.2, 0) is 11.3 Å². The fraction of sp³-hybridized carbons (Fsp3) is 0.567. The first-order valence-electron chi connectivity index (χ1n) is 14.7. The van der Waals surface area contributed by atoms with Crippen molar-refractivity contribution in [2.24, 2.45) is 11.8 Å². The fourth-order valence-electron chi connectivity index (χ4n) is 7.13. The van der Waals surface area contributed by atoms with Gasteiger partial charge in [0.15, 0.2) is 17.4 Å². The van der Waals surface area contributed by atoms with Gasteiger partial charge in [-0.25, -0.2) is 13.8 Å². The molecule has 2 saturated carbocycles. The summed E-state index contributed by atoms with van der Waals surface area (Å²) >= 11 is 0. The first-order valence-corrected chi connectivity index (χ1v) is 14.7. The van der Waals surface area contributed by atoms with Gasteiger partial charge in [-0.3, -0.25) is 0 Å². The highest BCUT2D eigenvalue weighted by molar-refractivity contribution is 5.93. The lowest BCUT2D eigenvalue weighted by Gasteiger charge is -2.18. The van der Waals surface area contributed by atoms with Crippen LogP contribution in [0.4, 0.5) is 27.6 Å². The number of nitrogens with two attached hydrogens (primary N) is 1. The molecule has 3 unspecified atom stereocenters. The Morgan fingerprint density at radius 2 is 1.81 bits per heavy atom. The lowest BCUT2D eigenvalue weighted by atomic mass is 9.95. The number of alkyl halides is 3. The molecule has 7 nitrogen and oxygen atoms in total. The Morgan fingerprint density at radius 1 is 1.07 bits per heavy atom. The van der Waals surface area contributed by atoms with Crippen molar-refractivity contribution in [1.82, 2.24) is 20.2 Å². The van der Waals surface area contributed by atoms with E-state index in [-0.39, 0.29) is 29.7 Å². The average Bonchev–Trinajstić information content (AvgIpc) is 3.66. The Labute approximate surface area is 239 Å². The number of anilines is 1. The molecule has 0 amide bonds. The summed E-state index contributed by atoms with van der Waals surface area (Å²) < 4.78 is 84.5. The van der Waals surface area contributed by atoms with Gasteiger partial charge in [-0.1, -0.05) is 13.8 Å². The van der Waals surface area contributed by atoms with Crippen molar-refractivity contribution in [3.05, 3.63) is 40.7 Å². The van der Waals surface area contributed by atoms with Crippen LogP contribution in [-0.4, -0.2) is 48.2 Å². The number of pyridine rings is 1. The number of fused-ring (bicyclic) bond motifs is 2. The molecule has 4 heterocycles. The van der Waals surface area contributed by atoms with Crippen molar-refractivity contribution in [2.75, 3.05) is 31.9 Å². The van der Waals surface area contributed by atoms with Gasteiger partial charge in [-0.05, 0) is 74.2 Å². The molecule has 226 valence electrons. The van der Waals surface area contributed by atoms with E-state index in [2.05, 4.69) is 20.4 Å². The van der Waals surface area contributed by atoms with E-state index in [4.69, 9.17) is 10.5 Å². The maximum atomic E-state index is 17.0. The van der Waals surface area contributed by atoms with Crippen LogP contribution in [0.3, 0.4) is 0 Å². The lowest BCUT2D eigenvalue weighted by molar-refractivity contribution is -0.275. The molecule has 2 aliphatic heterocycles. The maximum Gasteiger partial charge on any atom is 0.573 e. The van der Waals surface area contributed by atoms with Gasteiger partial charge in [0.2, 0.25) is 0 Å². The minimum absolute atomic E-state index is 0.0338. The van der Waals surface area contributed by atoms with Gasteiger partial charge in [-0.2, -0.15) is 0 Å². The van der Waals surface area contributed by atoms with Crippen LogP contribution in [0, 0.1) is 23.5 Å². The first-order chi connectivity index (χ1) is 20.0. The number of benzene rings is 1. The summed E-state index contributed by atoms with van der Waals surface area (Å²) in [6.07, 6.45) is -2.57. The van der Waals surface area contributed by atoms with E-state index in [9.17, 15) is 17.6 Å². The van der Waals surface area contributed by atoms with Crippen molar-refractivity contribution in [2.45, 2.75) is 70.1 Å². The zero-order valence-electron chi connectivity index (χ0n) is 23.5. The van der Waals surface area contributed by atoms with E-state index in [0.29, 0.717) is 35.0 Å². The van der Waals surface area contributed by atoms with Crippen molar-refractivity contribution >= 4 is 16.6 Å². The normalized spacial score (nSPS) is 25.5. The third-order valence-corrected chi connectivity index (χ3v) is 9.15. The highest BCUT2D eigenvalue weighted by Crippen LogP contribution is 2.60. The molecular weight excluding hydrogens is 557 g/mol. The molecule has 1 aromatic carbocycles. The molecular formula is C30H34F5N5O2. The quantitative estimate of drug-likeness (QED) is 0.229. The number of hydrogen-bond donors (Lipinski definition) is 3. The van der Waals surface area contributed by atoms with Crippen molar-refractivity contribution < 1.29 is 31.4 Å². The number of nitrogen functional groups attached to an aromatic ring is 1. The smallest absolute Gasteiger partial charge is 0.402 e. The predicted octanol–water partition coefficient (Wildman–Crippen LogP) is 5.73. The summed E-state index contributed by atoms with van der Waals surface area (Å²) in [5.74, 6) is -2.44. The van der Waals surface area contributed by atoms with E-state index in [0.717, 1.165) is 68.8 Å². The topological polar surface area (TPSA) is 86.4 Å². The van der Waals surface area contributed by atoms with Crippen molar-refractivity contribution in [1.29, 1.82) is 0 Å².